The van der Waals surface area contributed by atoms with Gasteiger partial charge in [-0.3, -0.25) is 19.2 Å². The molecule has 0 N–H and O–H groups in total. The smallest absolute Gasteiger partial charge is 0.327 e. The van der Waals surface area contributed by atoms with E-state index in [1.165, 1.54) is 0 Å². The molecular weight excluding hydrogens is 488 g/mol. The highest BCUT2D eigenvalue weighted by atomic mass is 16.6. The zero-order valence-corrected chi connectivity index (χ0v) is 22.9. The Balaban J connectivity index is 1.89. The minimum Gasteiger partial charge on any atom is -0.465 e. The highest BCUT2D eigenvalue weighted by Gasteiger charge is 2.69. The van der Waals surface area contributed by atoms with E-state index in [0.717, 1.165) is 11.1 Å². The van der Waals surface area contributed by atoms with E-state index < -0.39 is 34.7 Å². The van der Waals surface area contributed by atoms with E-state index in [4.69, 9.17) is 18.9 Å². The molecule has 2 fully saturated rings. The van der Waals surface area contributed by atoms with Crippen LogP contribution in [0.2, 0.25) is 0 Å². The van der Waals surface area contributed by atoms with E-state index in [2.05, 4.69) is 0 Å². The van der Waals surface area contributed by atoms with Gasteiger partial charge in [0, 0.05) is 0 Å². The molecule has 8 heteroatoms. The molecule has 0 aromatic heterocycles. The third-order valence-corrected chi connectivity index (χ3v) is 8.73. The largest absolute Gasteiger partial charge is 0.465 e. The summed E-state index contributed by atoms with van der Waals surface area (Å²) < 4.78 is 21.7. The summed E-state index contributed by atoms with van der Waals surface area (Å²) in [6.07, 6.45) is 0.738. The van der Waals surface area contributed by atoms with Crippen LogP contribution in [0.1, 0.15) is 65.4 Å². The van der Waals surface area contributed by atoms with Gasteiger partial charge in [0.2, 0.25) is 0 Å². The molecule has 0 bridgehead atoms. The van der Waals surface area contributed by atoms with Gasteiger partial charge in [-0.05, 0) is 88.7 Å². The van der Waals surface area contributed by atoms with Crippen LogP contribution >= 0.6 is 0 Å². The number of carbonyl (C=O) groups is 4. The van der Waals surface area contributed by atoms with Crippen molar-refractivity contribution in [1.29, 1.82) is 0 Å². The molecule has 8 nitrogen and oxygen atoms in total. The summed E-state index contributed by atoms with van der Waals surface area (Å²) >= 11 is 0. The standard InChI is InChI=1S/C30H38O8/c1-6-35-25(31)29(26(32)36-7-2)15-20-21(16-29)24(19-13-11-10-12-14-19)22-17-30(18(5)23(20)22,27(33)37-8-3)28(34)38-9-4/h10-14,20-22,24H,6-9,15-17H2,1-5H3/t20-,21+,22+,24-/m0/s1. The Bertz CT molecular complexity index is 1080. The monoisotopic (exact) mass is 526 g/mol. The first-order valence-corrected chi connectivity index (χ1v) is 13.7. The number of hydrogen-bond acceptors (Lipinski definition) is 8. The first-order valence-electron chi connectivity index (χ1n) is 13.7. The van der Waals surface area contributed by atoms with Crippen molar-refractivity contribution >= 4 is 23.9 Å². The average Bonchev–Trinajstić information content (AvgIpc) is 3.51. The van der Waals surface area contributed by atoms with Crippen LogP contribution in [0.25, 0.3) is 0 Å². The van der Waals surface area contributed by atoms with Crippen LogP contribution in [-0.2, 0) is 38.1 Å². The van der Waals surface area contributed by atoms with Crippen LogP contribution in [-0.4, -0.2) is 50.3 Å². The fourth-order valence-corrected chi connectivity index (χ4v) is 7.34. The molecule has 3 aliphatic rings. The molecule has 2 saturated carbocycles. The van der Waals surface area contributed by atoms with Crippen molar-refractivity contribution in [2.75, 3.05) is 26.4 Å². The van der Waals surface area contributed by atoms with Crippen LogP contribution in [0, 0.1) is 28.6 Å². The predicted octanol–water partition coefficient (Wildman–Crippen LogP) is 4.37. The fourth-order valence-electron chi connectivity index (χ4n) is 7.34. The molecule has 0 heterocycles. The predicted molar refractivity (Wildman–Crippen MR) is 138 cm³/mol. The van der Waals surface area contributed by atoms with Gasteiger partial charge in [-0.15, -0.1) is 0 Å². The molecule has 4 rings (SSSR count). The van der Waals surface area contributed by atoms with E-state index >= 15 is 0 Å². The minimum atomic E-state index is -1.55. The normalized spacial score (nSPS) is 26.3. The molecule has 3 aliphatic carbocycles. The van der Waals surface area contributed by atoms with Crippen LogP contribution in [0.3, 0.4) is 0 Å². The lowest BCUT2D eigenvalue weighted by molar-refractivity contribution is -0.172. The van der Waals surface area contributed by atoms with Gasteiger partial charge in [0.25, 0.3) is 0 Å². The van der Waals surface area contributed by atoms with Crippen molar-refractivity contribution in [3.8, 4) is 0 Å². The summed E-state index contributed by atoms with van der Waals surface area (Å²) in [4.78, 5) is 53.7. The first-order chi connectivity index (χ1) is 18.2. The fraction of sp³-hybridized carbons (Fsp3) is 0.600. The molecule has 0 amide bonds. The molecule has 0 radical (unpaired) electrons. The number of benzene rings is 1. The van der Waals surface area contributed by atoms with Crippen molar-refractivity contribution in [2.24, 2.45) is 28.6 Å². The quantitative estimate of drug-likeness (QED) is 0.202. The van der Waals surface area contributed by atoms with Crippen molar-refractivity contribution in [1.82, 2.24) is 0 Å². The number of carbonyl (C=O) groups excluding carboxylic acids is 4. The van der Waals surface area contributed by atoms with Crippen molar-refractivity contribution in [3.05, 3.63) is 47.0 Å². The Morgan fingerprint density at radius 2 is 1.21 bits per heavy atom. The van der Waals surface area contributed by atoms with Crippen LogP contribution in [0.15, 0.2) is 41.5 Å². The summed E-state index contributed by atoms with van der Waals surface area (Å²) in [6, 6.07) is 9.91. The Labute approximate surface area is 224 Å². The molecule has 38 heavy (non-hydrogen) atoms. The second kappa shape index (κ2) is 10.9. The van der Waals surface area contributed by atoms with Crippen molar-refractivity contribution < 1.29 is 38.1 Å². The molecule has 1 aromatic rings. The topological polar surface area (TPSA) is 105 Å². The van der Waals surface area contributed by atoms with Crippen molar-refractivity contribution in [3.63, 3.8) is 0 Å². The van der Waals surface area contributed by atoms with Gasteiger partial charge in [0.1, 0.15) is 0 Å². The third-order valence-electron chi connectivity index (χ3n) is 8.73. The van der Waals surface area contributed by atoms with Gasteiger partial charge in [-0.2, -0.15) is 0 Å². The lowest BCUT2D eigenvalue weighted by atomic mass is 9.73. The SMILES string of the molecule is CCOC(=O)C1(C(=O)OCC)C[C@H]2[C@H](c3ccccc3)[C@@H]3CC(C(=O)OCC)(C(=O)OCC)C(C)=C3[C@H]2C1. The van der Waals surface area contributed by atoms with E-state index in [0.29, 0.717) is 5.57 Å². The number of hydrogen-bond donors (Lipinski definition) is 0. The number of allylic oxidation sites excluding steroid dienone is 1. The maximum absolute atomic E-state index is 13.5. The minimum absolute atomic E-state index is 0.0662. The van der Waals surface area contributed by atoms with Gasteiger partial charge < -0.3 is 18.9 Å². The Kier molecular flexibility index (Phi) is 8.00. The van der Waals surface area contributed by atoms with Crippen LogP contribution < -0.4 is 0 Å². The lowest BCUT2D eigenvalue weighted by Crippen LogP contribution is -2.42. The summed E-state index contributed by atoms with van der Waals surface area (Å²) in [7, 11) is 0. The molecule has 0 aliphatic heterocycles. The van der Waals surface area contributed by atoms with Crippen LogP contribution in [0.5, 0.6) is 0 Å². The number of ether oxygens (including phenoxy) is 4. The molecule has 4 atom stereocenters. The summed E-state index contributed by atoms with van der Waals surface area (Å²) in [6.45, 7) is 9.23. The molecule has 0 unspecified atom stereocenters. The lowest BCUT2D eigenvalue weighted by Gasteiger charge is -2.31. The highest BCUT2D eigenvalue weighted by molar-refractivity contribution is 6.05. The highest BCUT2D eigenvalue weighted by Crippen LogP contribution is 2.69. The maximum Gasteiger partial charge on any atom is 0.327 e. The van der Waals surface area contributed by atoms with Gasteiger partial charge in [-0.1, -0.05) is 35.9 Å². The zero-order valence-electron chi connectivity index (χ0n) is 22.9. The zero-order chi connectivity index (χ0) is 27.7. The van der Waals surface area contributed by atoms with Gasteiger partial charge in [0.05, 0.1) is 26.4 Å². The summed E-state index contributed by atoms with van der Waals surface area (Å²) in [5, 5.41) is 0. The van der Waals surface area contributed by atoms with Crippen molar-refractivity contribution in [2.45, 2.75) is 59.8 Å². The first kappa shape index (κ1) is 27.9. The van der Waals surface area contributed by atoms with Gasteiger partial charge >= 0.3 is 23.9 Å². The van der Waals surface area contributed by atoms with E-state index in [9.17, 15) is 19.2 Å². The number of esters is 4. The molecule has 1 aromatic carbocycles. The van der Waals surface area contributed by atoms with Gasteiger partial charge in [-0.25, -0.2) is 0 Å². The Hall–Kier alpha value is -3.16. The third kappa shape index (κ3) is 4.12. The average molecular weight is 527 g/mol. The Morgan fingerprint density at radius 1 is 0.711 bits per heavy atom. The summed E-state index contributed by atoms with van der Waals surface area (Å²) in [5.74, 6) is -2.88. The van der Waals surface area contributed by atoms with E-state index in [1.807, 2.05) is 37.3 Å². The molecular formula is C30H38O8. The Morgan fingerprint density at radius 3 is 1.71 bits per heavy atom. The molecule has 206 valence electrons. The molecule has 0 spiro atoms. The number of fused-ring (bicyclic) bond motifs is 3. The van der Waals surface area contributed by atoms with E-state index in [1.54, 1.807) is 27.7 Å². The second-order valence-electron chi connectivity index (χ2n) is 10.4. The maximum atomic E-state index is 13.5. The molecule has 0 saturated heterocycles. The number of rotatable bonds is 9. The second-order valence-corrected chi connectivity index (χ2v) is 10.4. The summed E-state index contributed by atoms with van der Waals surface area (Å²) in [5.41, 5.74) is -0.367. The van der Waals surface area contributed by atoms with Gasteiger partial charge in [0.15, 0.2) is 10.8 Å². The van der Waals surface area contributed by atoms with Crippen LogP contribution in [0.4, 0.5) is 0 Å². The van der Waals surface area contributed by atoms with E-state index in [-0.39, 0.29) is 69.4 Å².